The van der Waals surface area contributed by atoms with Gasteiger partial charge in [-0.3, -0.25) is 14.2 Å². The van der Waals surface area contributed by atoms with Crippen molar-refractivity contribution in [3.8, 4) is 0 Å². The molecule has 1 saturated carbocycles. The number of nitrogens with one attached hydrogen (secondary N) is 1. The van der Waals surface area contributed by atoms with Gasteiger partial charge >= 0.3 is 6.18 Å². The Balaban J connectivity index is 1.72. The number of hydrogen-bond acceptors (Lipinski definition) is 5. The van der Waals surface area contributed by atoms with Crippen molar-refractivity contribution in [1.82, 2.24) is 14.9 Å². The van der Waals surface area contributed by atoms with Crippen LogP contribution in [0.1, 0.15) is 68.2 Å². The molecular weight excluding hydrogens is 471 g/mol. The van der Waals surface area contributed by atoms with Gasteiger partial charge in [0.2, 0.25) is 0 Å². The molecule has 1 aromatic carbocycles. The molecule has 0 spiro atoms. The molecule has 3 rings (SSSR count). The summed E-state index contributed by atoms with van der Waals surface area (Å²) in [7, 11) is -4.08. The maximum atomic E-state index is 13.2. The molecule has 1 amide bonds. The largest absolute Gasteiger partial charge is 0.416 e. The first-order chi connectivity index (χ1) is 15.6. The van der Waals surface area contributed by atoms with Crippen LogP contribution < -0.4 is 10.9 Å². The van der Waals surface area contributed by atoms with E-state index in [0.29, 0.717) is 18.9 Å². The third-order valence-electron chi connectivity index (χ3n) is 6.61. The quantitative estimate of drug-likeness (QED) is 0.650. The van der Waals surface area contributed by atoms with E-state index >= 15 is 0 Å². The standard InChI is InChI=1S/C23H28F3N3O4S/c1-13(2)29-12-27-19(14(3)21(29)31)20(30)28-17-9-16(10-17)22(4,5)34(32,33)18-8-6-7-15(11-18)23(24,25)26/h6-8,11-13,16-17H,9-10H2,1-5H3,(H,28,30). The number of sulfone groups is 1. The number of rotatable bonds is 6. The van der Waals surface area contributed by atoms with Crippen molar-refractivity contribution < 1.29 is 26.4 Å². The third-order valence-corrected chi connectivity index (χ3v) is 9.21. The van der Waals surface area contributed by atoms with Crippen molar-refractivity contribution in [2.75, 3.05) is 0 Å². The highest BCUT2D eigenvalue weighted by Crippen LogP contribution is 2.44. The number of benzene rings is 1. The molecule has 0 aliphatic heterocycles. The summed E-state index contributed by atoms with van der Waals surface area (Å²) in [5.74, 6) is -0.896. The summed E-state index contributed by atoms with van der Waals surface area (Å²) in [5.41, 5.74) is -1.10. The summed E-state index contributed by atoms with van der Waals surface area (Å²) < 4.78 is 65.6. The van der Waals surface area contributed by atoms with Crippen molar-refractivity contribution in [1.29, 1.82) is 0 Å². The summed E-state index contributed by atoms with van der Waals surface area (Å²) in [6.07, 6.45) is -2.66. The summed E-state index contributed by atoms with van der Waals surface area (Å²) >= 11 is 0. The van der Waals surface area contributed by atoms with E-state index in [1.807, 2.05) is 13.8 Å². The minimum Gasteiger partial charge on any atom is -0.348 e. The Bertz CT molecular complexity index is 1260. The lowest BCUT2D eigenvalue weighted by Gasteiger charge is -2.44. The van der Waals surface area contributed by atoms with Crippen molar-refractivity contribution >= 4 is 15.7 Å². The summed E-state index contributed by atoms with van der Waals surface area (Å²) in [4.78, 5) is 28.8. The number of nitrogens with zero attached hydrogens (tertiary/aromatic N) is 2. The fourth-order valence-electron chi connectivity index (χ4n) is 4.08. The molecule has 1 heterocycles. The van der Waals surface area contributed by atoms with Gasteiger partial charge in [-0.2, -0.15) is 13.2 Å². The molecule has 1 N–H and O–H groups in total. The van der Waals surface area contributed by atoms with Crippen LogP contribution in [0.3, 0.4) is 0 Å². The molecule has 0 bridgehead atoms. The molecule has 34 heavy (non-hydrogen) atoms. The van der Waals surface area contributed by atoms with Crippen molar-refractivity contribution in [3.63, 3.8) is 0 Å². The first-order valence-electron chi connectivity index (χ1n) is 10.9. The first-order valence-corrected chi connectivity index (χ1v) is 12.4. The highest BCUT2D eigenvalue weighted by Gasteiger charge is 2.49. The Hall–Kier alpha value is -2.69. The monoisotopic (exact) mass is 499 g/mol. The third kappa shape index (κ3) is 4.62. The van der Waals surface area contributed by atoms with Gasteiger partial charge in [0.1, 0.15) is 5.69 Å². The summed E-state index contributed by atoms with van der Waals surface area (Å²) in [6.45, 7) is 8.15. The van der Waals surface area contributed by atoms with Crippen LogP contribution in [0, 0.1) is 12.8 Å². The maximum Gasteiger partial charge on any atom is 0.416 e. The van der Waals surface area contributed by atoms with Gasteiger partial charge in [-0.05, 0) is 71.6 Å². The highest BCUT2D eigenvalue weighted by atomic mass is 32.2. The summed E-state index contributed by atoms with van der Waals surface area (Å²) in [5, 5.41) is 2.78. The minimum absolute atomic E-state index is 0.0150. The van der Waals surface area contributed by atoms with Crippen LogP contribution in [0.2, 0.25) is 0 Å². The van der Waals surface area contributed by atoms with Gasteiger partial charge in [0.15, 0.2) is 9.84 Å². The average Bonchev–Trinajstić information content (AvgIpc) is 2.71. The van der Waals surface area contributed by atoms with Crippen LogP contribution in [-0.4, -0.2) is 34.7 Å². The zero-order chi connectivity index (χ0) is 25.6. The Morgan fingerprint density at radius 1 is 1.21 bits per heavy atom. The molecule has 0 unspecified atom stereocenters. The number of amides is 1. The Morgan fingerprint density at radius 3 is 2.38 bits per heavy atom. The van der Waals surface area contributed by atoms with E-state index in [4.69, 9.17) is 0 Å². The molecule has 7 nitrogen and oxygen atoms in total. The van der Waals surface area contributed by atoms with Crippen molar-refractivity contribution in [2.24, 2.45) is 5.92 Å². The van der Waals surface area contributed by atoms with Crippen LogP contribution in [0.15, 0.2) is 40.3 Å². The normalized spacial score (nSPS) is 19.1. The minimum atomic E-state index is -4.65. The lowest BCUT2D eigenvalue weighted by molar-refractivity contribution is -0.137. The number of aromatic nitrogens is 2. The smallest absolute Gasteiger partial charge is 0.348 e. The van der Waals surface area contributed by atoms with Gasteiger partial charge in [-0.25, -0.2) is 13.4 Å². The number of halogens is 3. The van der Waals surface area contributed by atoms with E-state index in [1.54, 1.807) is 0 Å². The molecule has 1 fully saturated rings. The van der Waals surface area contributed by atoms with Crippen LogP contribution in [0.5, 0.6) is 0 Å². The molecule has 1 aliphatic carbocycles. The van der Waals surface area contributed by atoms with Gasteiger partial charge in [-0.15, -0.1) is 0 Å². The molecule has 0 saturated heterocycles. The molecule has 0 atom stereocenters. The Kier molecular flexibility index (Phi) is 6.73. The molecule has 1 aliphatic rings. The van der Waals surface area contributed by atoms with Crippen molar-refractivity contribution in [2.45, 2.75) is 75.4 Å². The van der Waals surface area contributed by atoms with E-state index in [9.17, 15) is 31.2 Å². The molecule has 0 radical (unpaired) electrons. The molecule has 1 aromatic heterocycles. The number of hydrogen-bond donors (Lipinski definition) is 1. The molecule has 11 heteroatoms. The van der Waals surface area contributed by atoms with Gasteiger partial charge < -0.3 is 5.32 Å². The van der Waals surface area contributed by atoms with Gasteiger partial charge in [0.25, 0.3) is 11.5 Å². The van der Waals surface area contributed by atoms with Crippen LogP contribution >= 0.6 is 0 Å². The summed E-state index contributed by atoms with van der Waals surface area (Å²) in [6, 6.07) is 3.29. The second-order valence-corrected chi connectivity index (χ2v) is 12.0. The van der Waals surface area contributed by atoms with Gasteiger partial charge in [0.05, 0.1) is 21.5 Å². The fourth-order valence-corrected chi connectivity index (χ4v) is 5.86. The van der Waals surface area contributed by atoms with Gasteiger partial charge in [-0.1, -0.05) is 6.07 Å². The Labute approximate surface area is 196 Å². The lowest BCUT2D eigenvalue weighted by atomic mass is 9.73. The highest BCUT2D eigenvalue weighted by molar-refractivity contribution is 7.92. The van der Waals surface area contributed by atoms with Crippen LogP contribution in [0.4, 0.5) is 13.2 Å². The van der Waals surface area contributed by atoms with E-state index in [2.05, 4.69) is 10.3 Å². The maximum absolute atomic E-state index is 13.2. The Morgan fingerprint density at radius 2 is 1.82 bits per heavy atom. The predicted octanol–water partition coefficient (Wildman–Crippen LogP) is 3.91. The topological polar surface area (TPSA) is 98.1 Å². The fraction of sp³-hybridized carbons (Fsp3) is 0.522. The van der Waals surface area contributed by atoms with Crippen LogP contribution in [0.25, 0.3) is 0 Å². The second kappa shape index (κ2) is 8.83. The van der Waals surface area contributed by atoms with Crippen LogP contribution in [-0.2, 0) is 16.0 Å². The molecule has 186 valence electrons. The molecular formula is C23H28F3N3O4S. The zero-order valence-electron chi connectivity index (χ0n) is 19.6. The number of alkyl halides is 3. The van der Waals surface area contributed by atoms with Gasteiger partial charge in [0, 0.05) is 17.6 Å². The molecule has 2 aromatic rings. The average molecular weight is 500 g/mol. The van der Waals surface area contributed by atoms with E-state index in [-0.39, 0.29) is 39.7 Å². The first kappa shape index (κ1) is 25.9. The van der Waals surface area contributed by atoms with E-state index in [1.165, 1.54) is 31.7 Å². The predicted molar refractivity (Wildman–Crippen MR) is 120 cm³/mol. The number of carbonyl (C=O) groups excluding carboxylic acids is 1. The number of carbonyl (C=O) groups is 1. The zero-order valence-corrected chi connectivity index (χ0v) is 20.4. The second-order valence-electron chi connectivity index (χ2n) is 9.50. The van der Waals surface area contributed by atoms with E-state index < -0.39 is 32.2 Å². The van der Waals surface area contributed by atoms with Crippen molar-refractivity contribution in [3.05, 3.63) is 57.8 Å². The lowest BCUT2D eigenvalue weighted by Crippen LogP contribution is -2.54. The van der Waals surface area contributed by atoms with E-state index in [0.717, 1.165) is 18.2 Å². The SMILES string of the molecule is Cc1c(C(=O)NC2CC(C(C)(C)S(=O)(=O)c3cccc(C(F)(F)F)c3)C2)ncn(C(C)C)c1=O.